The lowest BCUT2D eigenvalue weighted by atomic mass is 9.96. The van der Waals surface area contributed by atoms with Gasteiger partial charge in [0.25, 0.3) is 11.7 Å². The number of thioether (sulfide) groups is 1. The number of benzene rings is 1. The minimum atomic E-state index is -2.66. The maximum Gasteiger partial charge on any atom is 0.290 e. The van der Waals surface area contributed by atoms with Crippen LogP contribution in [0.3, 0.4) is 0 Å². The molecule has 23 heavy (non-hydrogen) atoms. The van der Waals surface area contributed by atoms with Gasteiger partial charge in [-0.05, 0) is 36.4 Å². The number of hydrogen-bond donors (Lipinski definition) is 2. The Kier molecular flexibility index (Phi) is 5.68. The third-order valence-corrected chi connectivity index (χ3v) is 3.93. The summed E-state index contributed by atoms with van der Waals surface area (Å²) in [6.45, 7) is 1.52. The Morgan fingerprint density at radius 2 is 2.00 bits per heavy atom. The van der Waals surface area contributed by atoms with Gasteiger partial charge in [-0.15, -0.1) is 0 Å². The van der Waals surface area contributed by atoms with Crippen molar-refractivity contribution in [1.82, 2.24) is 10.3 Å². The van der Waals surface area contributed by atoms with Crippen molar-refractivity contribution in [3.8, 4) is 0 Å². The van der Waals surface area contributed by atoms with E-state index in [9.17, 15) is 18.7 Å². The Bertz CT molecular complexity index is 666. The van der Waals surface area contributed by atoms with E-state index in [0.717, 1.165) is 0 Å². The molecule has 0 aliphatic carbocycles. The molecule has 0 bridgehead atoms. The molecule has 2 rings (SSSR count). The summed E-state index contributed by atoms with van der Waals surface area (Å²) in [6, 6.07) is 11.8. The van der Waals surface area contributed by atoms with E-state index in [2.05, 4.69) is 10.3 Å². The van der Waals surface area contributed by atoms with Gasteiger partial charge in [-0.25, -0.2) is 4.98 Å². The minimum absolute atomic E-state index is 0.0423. The predicted molar refractivity (Wildman–Crippen MR) is 84.4 cm³/mol. The highest BCUT2D eigenvalue weighted by Crippen LogP contribution is 2.26. The average Bonchev–Trinajstić information content (AvgIpc) is 2.53. The normalized spacial score (nSPS) is 13.6. The molecule has 0 aliphatic rings. The first kappa shape index (κ1) is 17.4. The summed E-state index contributed by atoms with van der Waals surface area (Å²) in [5.74, 6) is -3.22. The number of aliphatic hydroxyl groups is 1. The maximum atomic E-state index is 12.5. The van der Waals surface area contributed by atoms with Gasteiger partial charge in [0.15, 0.2) is 0 Å². The molecule has 1 amide bonds. The van der Waals surface area contributed by atoms with Gasteiger partial charge in [-0.2, -0.15) is 8.78 Å². The highest BCUT2D eigenvalue weighted by atomic mass is 32.2. The average molecular weight is 338 g/mol. The smallest absolute Gasteiger partial charge is 0.290 e. The van der Waals surface area contributed by atoms with E-state index in [1.54, 1.807) is 31.2 Å². The van der Waals surface area contributed by atoms with Crippen LogP contribution >= 0.6 is 11.8 Å². The van der Waals surface area contributed by atoms with Crippen molar-refractivity contribution >= 4 is 17.7 Å². The van der Waals surface area contributed by atoms with E-state index < -0.39 is 17.3 Å². The largest absolute Gasteiger partial charge is 0.384 e. The third kappa shape index (κ3) is 4.74. The van der Waals surface area contributed by atoms with Gasteiger partial charge in [0, 0.05) is 6.20 Å². The zero-order chi connectivity index (χ0) is 16.9. The Labute approximate surface area is 136 Å². The summed E-state index contributed by atoms with van der Waals surface area (Å²) in [5, 5.41) is 13.0. The lowest BCUT2D eigenvalue weighted by molar-refractivity contribution is 0.0525. The molecule has 0 aliphatic heterocycles. The van der Waals surface area contributed by atoms with E-state index in [1.165, 1.54) is 18.3 Å². The summed E-state index contributed by atoms with van der Waals surface area (Å²) in [6.07, 6.45) is 1.35. The van der Waals surface area contributed by atoms with Crippen molar-refractivity contribution in [2.24, 2.45) is 0 Å². The molecule has 2 N–H and O–H groups in total. The van der Waals surface area contributed by atoms with Gasteiger partial charge in [-0.3, -0.25) is 4.79 Å². The molecule has 1 heterocycles. The summed E-state index contributed by atoms with van der Waals surface area (Å²) in [7, 11) is 0. The number of halogens is 2. The van der Waals surface area contributed by atoms with E-state index in [0.29, 0.717) is 5.56 Å². The lowest BCUT2D eigenvalue weighted by Gasteiger charge is -2.24. The van der Waals surface area contributed by atoms with Crippen LogP contribution in [0.2, 0.25) is 0 Å². The van der Waals surface area contributed by atoms with Crippen LogP contribution in [0.15, 0.2) is 53.7 Å². The van der Waals surface area contributed by atoms with E-state index in [1.807, 2.05) is 6.07 Å². The van der Waals surface area contributed by atoms with Gasteiger partial charge in [0.2, 0.25) is 0 Å². The second-order valence-electron chi connectivity index (χ2n) is 5.06. The molecule has 1 unspecified atom stereocenters. The quantitative estimate of drug-likeness (QED) is 0.795. The molecule has 0 spiro atoms. The zero-order valence-electron chi connectivity index (χ0n) is 12.4. The van der Waals surface area contributed by atoms with Crippen LogP contribution in [0.4, 0.5) is 8.78 Å². The second kappa shape index (κ2) is 7.52. The fraction of sp³-hybridized carbons (Fsp3) is 0.250. The number of carbonyl (C=O) groups is 1. The summed E-state index contributed by atoms with van der Waals surface area (Å²) >= 11 is 0.215. The fourth-order valence-corrected chi connectivity index (χ4v) is 2.57. The van der Waals surface area contributed by atoms with Crippen molar-refractivity contribution in [1.29, 1.82) is 0 Å². The molecule has 2 aromatic rings. The van der Waals surface area contributed by atoms with Crippen LogP contribution < -0.4 is 5.32 Å². The Morgan fingerprint density at radius 1 is 1.30 bits per heavy atom. The first-order valence-electron chi connectivity index (χ1n) is 6.86. The number of hydrogen-bond acceptors (Lipinski definition) is 4. The number of aromatic nitrogens is 1. The number of carbonyl (C=O) groups excluding carboxylic acids is 1. The highest BCUT2D eigenvalue weighted by Gasteiger charge is 2.25. The number of amides is 1. The topological polar surface area (TPSA) is 62.2 Å². The molecular formula is C16H16F2N2O2S. The summed E-state index contributed by atoms with van der Waals surface area (Å²) in [5.41, 5.74) is -0.565. The van der Waals surface area contributed by atoms with Crippen LogP contribution in [0, 0.1) is 0 Å². The van der Waals surface area contributed by atoms with Crippen LogP contribution in [0.5, 0.6) is 0 Å². The molecular weight excluding hydrogens is 322 g/mol. The fourth-order valence-electron chi connectivity index (χ4n) is 1.99. The van der Waals surface area contributed by atoms with Gasteiger partial charge in [-0.1, -0.05) is 30.3 Å². The van der Waals surface area contributed by atoms with Crippen LogP contribution in [0.1, 0.15) is 22.8 Å². The predicted octanol–water partition coefficient (Wildman–Crippen LogP) is 3.03. The number of alkyl halides is 2. The molecule has 0 saturated carbocycles. The van der Waals surface area contributed by atoms with Crippen LogP contribution in [-0.2, 0) is 5.60 Å². The Balaban J connectivity index is 2.08. The first-order chi connectivity index (χ1) is 10.9. The number of nitrogens with zero attached hydrogens (tertiary/aromatic N) is 1. The molecule has 0 radical (unpaired) electrons. The van der Waals surface area contributed by atoms with E-state index in [-0.39, 0.29) is 28.9 Å². The summed E-state index contributed by atoms with van der Waals surface area (Å²) in [4.78, 5) is 16.0. The van der Waals surface area contributed by atoms with Crippen LogP contribution in [0.25, 0.3) is 0 Å². The van der Waals surface area contributed by atoms with Gasteiger partial charge in [0.05, 0.1) is 12.1 Å². The number of pyridine rings is 1. The Morgan fingerprint density at radius 3 is 2.65 bits per heavy atom. The van der Waals surface area contributed by atoms with Crippen LogP contribution in [-0.4, -0.2) is 28.3 Å². The zero-order valence-corrected chi connectivity index (χ0v) is 13.2. The van der Waals surface area contributed by atoms with Crippen molar-refractivity contribution in [3.63, 3.8) is 0 Å². The molecule has 0 saturated heterocycles. The van der Waals surface area contributed by atoms with Crippen molar-refractivity contribution in [3.05, 3.63) is 59.8 Å². The van der Waals surface area contributed by atoms with Gasteiger partial charge >= 0.3 is 0 Å². The highest BCUT2D eigenvalue weighted by molar-refractivity contribution is 7.99. The lowest BCUT2D eigenvalue weighted by Crippen LogP contribution is -2.38. The first-order valence-corrected chi connectivity index (χ1v) is 7.74. The third-order valence-electron chi connectivity index (χ3n) is 3.21. The minimum Gasteiger partial charge on any atom is -0.384 e. The van der Waals surface area contributed by atoms with Crippen molar-refractivity contribution < 1.29 is 18.7 Å². The Hall–Kier alpha value is -1.99. The van der Waals surface area contributed by atoms with Crippen molar-refractivity contribution in [2.45, 2.75) is 23.3 Å². The summed E-state index contributed by atoms with van der Waals surface area (Å²) < 4.78 is 25.0. The molecule has 0 fully saturated rings. The molecule has 1 atom stereocenters. The van der Waals surface area contributed by atoms with E-state index in [4.69, 9.17) is 0 Å². The number of rotatable bonds is 6. The maximum absolute atomic E-state index is 12.5. The molecule has 4 nitrogen and oxygen atoms in total. The van der Waals surface area contributed by atoms with Gasteiger partial charge in [0.1, 0.15) is 10.6 Å². The standard InChI is InChI=1S/C16H16F2N2O2S/c1-16(22,11-6-3-2-4-7-11)10-20-13(21)12-8-5-9-19-14(12)23-15(17)18/h2-9,15,22H,10H2,1H3,(H,20,21). The van der Waals surface area contributed by atoms with Gasteiger partial charge < -0.3 is 10.4 Å². The second-order valence-corrected chi connectivity index (χ2v) is 6.04. The monoisotopic (exact) mass is 338 g/mol. The molecule has 122 valence electrons. The molecule has 7 heteroatoms. The molecule has 1 aromatic heterocycles. The van der Waals surface area contributed by atoms with Crippen molar-refractivity contribution in [2.75, 3.05) is 6.54 Å². The molecule has 1 aromatic carbocycles. The van der Waals surface area contributed by atoms with E-state index >= 15 is 0 Å². The number of nitrogens with one attached hydrogen (secondary N) is 1. The SMILES string of the molecule is CC(O)(CNC(=O)c1cccnc1SC(F)F)c1ccccc1.